The maximum absolute atomic E-state index is 10.3. The van der Waals surface area contributed by atoms with E-state index in [4.69, 9.17) is 14.4 Å². The van der Waals surface area contributed by atoms with Crippen LogP contribution in [-0.2, 0) is 9.36 Å². The zero-order valence-electron chi connectivity index (χ0n) is 7.65. The first-order valence-electron chi connectivity index (χ1n) is 3.73. The van der Waals surface area contributed by atoms with E-state index in [1.165, 1.54) is 0 Å². The molecule has 0 heterocycles. The molecule has 0 atom stereocenters. The molecule has 5 heteroatoms. The molecule has 0 aromatic carbocycles. The van der Waals surface area contributed by atoms with Crippen molar-refractivity contribution in [2.75, 3.05) is 0 Å². The fourth-order valence-corrected chi connectivity index (χ4v) is 0.417. The summed E-state index contributed by atoms with van der Waals surface area (Å²) in [6.07, 6.45) is 2.95. The topological polar surface area (TPSA) is 74.6 Å². The molecule has 0 fully saturated rings. The molecular formula is C7H16O4P+. The largest absolute Gasteiger partial charge is 0.692 e. The molecule has 0 amide bonds. The minimum Gasteiger partial charge on any atom is -0.303 e. The maximum atomic E-state index is 10.3. The highest BCUT2D eigenvalue weighted by Crippen LogP contribution is 2.20. The summed E-state index contributed by atoms with van der Waals surface area (Å²) in [7, 11) is -2.87. The molecule has 0 unspecified atom stereocenters. The Morgan fingerprint density at radius 1 is 1.33 bits per heavy atom. The van der Waals surface area contributed by atoms with Gasteiger partial charge in [-0.2, -0.15) is 0 Å². The lowest BCUT2D eigenvalue weighted by Crippen LogP contribution is -2.14. The summed E-state index contributed by atoms with van der Waals surface area (Å²) in [5, 5.41) is 0. The predicted octanol–water partition coefficient (Wildman–Crippen LogP) is 1.64. The zero-order valence-corrected chi connectivity index (χ0v) is 8.54. The van der Waals surface area contributed by atoms with Crippen LogP contribution in [0.3, 0.4) is 0 Å². The molecule has 0 spiro atoms. The van der Waals surface area contributed by atoms with Crippen LogP contribution in [0.4, 0.5) is 0 Å². The molecule has 12 heavy (non-hydrogen) atoms. The average molecular weight is 195 g/mol. The van der Waals surface area contributed by atoms with Crippen molar-refractivity contribution in [2.45, 2.75) is 33.6 Å². The van der Waals surface area contributed by atoms with Gasteiger partial charge in [0.1, 0.15) is 6.29 Å². The van der Waals surface area contributed by atoms with Crippen LogP contribution in [0.2, 0.25) is 0 Å². The minimum absolute atomic E-state index is 0.0556. The summed E-state index contributed by atoms with van der Waals surface area (Å²) >= 11 is 0. The molecule has 0 aromatic heterocycles. The van der Waals surface area contributed by atoms with Gasteiger partial charge in [-0.15, -0.1) is 9.79 Å². The zero-order chi connectivity index (χ0) is 10.2. The molecule has 0 bridgehead atoms. The van der Waals surface area contributed by atoms with Crippen LogP contribution >= 0.6 is 8.25 Å². The van der Waals surface area contributed by atoms with Gasteiger partial charge in [-0.25, -0.2) is 0 Å². The first-order chi connectivity index (χ1) is 5.41. The first kappa shape index (κ1) is 14.2. The highest BCUT2D eigenvalue weighted by atomic mass is 31.1. The normalized spacial score (nSPS) is 9.75. The molecule has 0 aliphatic carbocycles. The van der Waals surface area contributed by atoms with Crippen LogP contribution in [0.15, 0.2) is 0 Å². The van der Waals surface area contributed by atoms with Gasteiger partial charge in [-0.1, -0.05) is 20.8 Å². The Balaban J connectivity index is 0. The summed E-state index contributed by atoms with van der Waals surface area (Å²) in [5.74, 6) is 0. The second kappa shape index (κ2) is 7.35. The Labute approximate surface area is 73.6 Å². The Hall–Kier alpha value is -0.310. The Morgan fingerprint density at radius 3 is 1.58 bits per heavy atom. The molecule has 72 valence electrons. The van der Waals surface area contributed by atoms with Gasteiger partial charge in [0.2, 0.25) is 0 Å². The van der Waals surface area contributed by atoms with Crippen molar-refractivity contribution in [1.29, 1.82) is 0 Å². The Bertz CT molecular complexity index is 138. The lowest BCUT2D eigenvalue weighted by atomic mass is 9.87. The van der Waals surface area contributed by atoms with Crippen molar-refractivity contribution in [1.82, 2.24) is 0 Å². The SMILES string of the molecule is CCC(C)(C=O)CC.O=[P+](O)O. The molecule has 0 saturated heterocycles. The van der Waals surface area contributed by atoms with Crippen molar-refractivity contribution in [3.05, 3.63) is 0 Å². The molecule has 0 rings (SSSR count). The Morgan fingerprint density at radius 2 is 1.58 bits per heavy atom. The van der Waals surface area contributed by atoms with Crippen LogP contribution in [0.1, 0.15) is 33.6 Å². The summed E-state index contributed by atoms with van der Waals surface area (Å²) in [6, 6.07) is 0. The van der Waals surface area contributed by atoms with Crippen LogP contribution in [0.25, 0.3) is 0 Å². The monoisotopic (exact) mass is 195 g/mol. The van der Waals surface area contributed by atoms with E-state index in [0.29, 0.717) is 0 Å². The van der Waals surface area contributed by atoms with Crippen LogP contribution < -0.4 is 0 Å². The van der Waals surface area contributed by atoms with Crippen molar-refractivity contribution >= 4 is 14.5 Å². The van der Waals surface area contributed by atoms with Gasteiger partial charge in [0.15, 0.2) is 0 Å². The summed E-state index contributed by atoms with van der Waals surface area (Å²) in [6.45, 7) is 6.07. The second-order valence-electron chi connectivity index (χ2n) is 2.73. The van der Waals surface area contributed by atoms with E-state index in [0.717, 1.165) is 19.1 Å². The van der Waals surface area contributed by atoms with Crippen molar-refractivity contribution < 1.29 is 19.1 Å². The lowest BCUT2D eigenvalue weighted by Gasteiger charge is -2.16. The number of hydrogen-bond donors (Lipinski definition) is 2. The number of carbonyl (C=O) groups excluding carboxylic acids is 1. The third-order valence-corrected chi connectivity index (χ3v) is 1.90. The number of rotatable bonds is 3. The molecule has 4 nitrogen and oxygen atoms in total. The molecule has 0 radical (unpaired) electrons. The van der Waals surface area contributed by atoms with Gasteiger partial charge in [-0.3, -0.25) is 0 Å². The van der Waals surface area contributed by atoms with Gasteiger partial charge >= 0.3 is 8.25 Å². The molecule has 2 N–H and O–H groups in total. The quantitative estimate of drug-likeness (QED) is 0.530. The summed E-state index contributed by atoms with van der Waals surface area (Å²) in [4.78, 5) is 24.5. The third-order valence-electron chi connectivity index (χ3n) is 1.90. The van der Waals surface area contributed by atoms with Crippen molar-refractivity contribution in [2.24, 2.45) is 5.41 Å². The molecular weight excluding hydrogens is 179 g/mol. The molecule has 0 aromatic rings. The van der Waals surface area contributed by atoms with Gasteiger partial charge in [-0.05, 0) is 12.8 Å². The third kappa shape index (κ3) is 9.69. The van der Waals surface area contributed by atoms with Gasteiger partial charge in [0.05, 0.1) is 0 Å². The fourth-order valence-electron chi connectivity index (χ4n) is 0.417. The lowest BCUT2D eigenvalue weighted by molar-refractivity contribution is -0.115. The molecule has 0 aliphatic heterocycles. The predicted molar refractivity (Wildman–Crippen MR) is 46.8 cm³/mol. The van der Waals surface area contributed by atoms with Crippen LogP contribution in [0.5, 0.6) is 0 Å². The van der Waals surface area contributed by atoms with E-state index >= 15 is 0 Å². The van der Waals surface area contributed by atoms with Crippen LogP contribution in [0, 0.1) is 5.41 Å². The van der Waals surface area contributed by atoms with E-state index in [9.17, 15) is 4.79 Å². The van der Waals surface area contributed by atoms with Gasteiger partial charge < -0.3 is 4.79 Å². The summed E-state index contributed by atoms with van der Waals surface area (Å²) in [5.41, 5.74) is -0.0556. The van der Waals surface area contributed by atoms with Crippen molar-refractivity contribution in [3.8, 4) is 0 Å². The minimum atomic E-state index is -2.87. The average Bonchev–Trinajstić information content (AvgIpc) is 2.02. The number of carbonyl (C=O) groups is 1. The second-order valence-corrected chi connectivity index (χ2v) is 3.24. The first-order valence-corrected chi connectivity index (χ1v) is 4.89. The molecule has 0 saturated carbocycles. The Kier molecular flexibility index (Phi) is 8.71. The van der Waals surface area contributed by atoms with Gasteiger partial charge in [0, 0.05) is 9.98 Å². The smallest absolute Gasteiger partial charge is 0.303 e. The summed E-state index contributed by atoms with van der Waals surface area (Å²) < 4.78 is 8.70. The molecule has 0 aliphatic rings. The highest BCUT2D eigenvalue weighted by Gasteiger charge is 2.16. The number of aldehydes is 1. The van der Waals surface area contributed by atoms with E-state index in [2.05, 4.69) is 0 Å². The fraction of sp³-hybridized carbons (Fsp3) is 0.857. The van der Waals surface area contributed by atoms with Crippen LogP contribution in [-0.4, -0.2) is 16.1 Å². The van der Waals surface area contributed by atoms with Gasteiger partial charge in [0.25, 0.3) is 0 Å². The van der Waals surface area contributed by atoms with E-state index in [1.54, 1.807) is 0 Å². The standard InChI is InChI=1S/C7H14O.HO3P/c1-4-7(3,5-2)6-8;1-4(2)3/h6H,4-5H2,1-3H3;(H-,1,2,3)/p+1. The maximum Gasteiger partial charge on any atom is 0.692 e. The van der Waals surface area contributed by atoms with E-state index in [1.807, 2.05) is 20.8 Å². The highest BCUT2D eigenvalue weighted by molar-refractivity contribution is 7.30. The number of hydrogen-bond acceptors (Lipinski definition) is 2. The van der Waals surface area contributed by atoms with Crippen molar-refractivity contribution in [3.63, 3.8) is 0 Å². The van der Waals surface area contributed by atoms with E-state index in [-0.39, 0.29) is 5.41 Å². The van der Waals surface area contributed by atoms with E-state index < -0.39 is 8.25 Å².